The molecular formula is C20H23N5O4. The van der Waals surface area contributed by atoms with E-state index >= 15 is 0 Å². The third kappa shape index (κ3) is 4.87. The molecule has 29 heavy (non-hydrogen) atoms. The summed E-state index contributed by atoms with van der Waals surface area (Å²) >= 11 is 0. The summed E-state index contributed by atoms with van der Waals surface area (Å²) in [6, 6.07) is 9.93. The van der Waals surface area contributed by atoms with Crippen molar-refractivity contribution in [1.82, 2.24) is 9.88 Å². The first kappa shape index (κ1) is 20.2. The number of nitrogens with one attached hydrogen (secondary N) is 1. The molecule has 0 radical (unpaired) electrons. The molecule has 1 aromatic carbocycles. The second-order valence-corrected chi connectivity index (χ2v) is 7.13. The molecular weight excluding hydrogens is 374 g/mol. The molecule has 9 nitrogen and oxygen atoms in total. The van der Waals surface area contributed by atoms with E-state index in [2.05, 4.69) is 10.3 Å². The quantitative estimate of drug-likeness (QED) is 0.613. The Balaban J connectivity index is 1.57. The Hall–Kier alpha value is -3.49. The average molecular weight is 397 g/mol. The zero-order valence-electron chi connectivity index (χ0n) is 16.4. The van der Waals surface area contributed by atoms with E-state index in [1.165, 1.54) is 12.3 Å². The molecule has 0 atom stereocenters. The fraction of sp³-hybridized carbons (Fsp3) is 0.350. The molecule has 2 heterocycles. The van der Waals surface area contributed by atoms with Crippen molar-refractivity contribution in [2.75, 3.05) is 36.4 Å². The molecule has 0 saturated carbocycles. The molecule has 3 rings (SSSR count). The predicted molar refractivity (Wildman–Crippen MR) is 109 cm³/mol. The first-order chi connectivity index (χ1) is 13.8. The average Bonchev–Trinajstić information content (AvgIpc) is 2.74. The Labute approximate surface area is 168 Å². The van der Waals surface area contributed by atoms with Crippen LogP contribution in [0.15, 0.2) is 42.6 Å². The number of hydrogen-bond acceptors (Lipinski definition) is 6. The molecule has 1 fully saturated rings. The minimum atomic E-state index is -0.479. The van der Waals surface area contributed by atoms with Gasteiger partial charge in [-0.2, -0.15) is 0 Å². The van der Waals surface area contributed by atoms with Crippen molar-refractivity contribution in [1.29, 1.82) is 0 Å². The molecule has 0 aliphatic carbocycles. The van der Waals surface area contributed by atoms with Crippen LogP contribution in [0.1, 0.15) is 24.2 Å². The standard InChI is InChI=1S/C20H23N5O4/c1-14(2)19(26)22-16-5-3-15(4-6-16)20(27)24-11-9-23(10-12-24)18-8-7-17(13-21-18)25(28)29/h3-8,13-14H,9-12H2,1-2H3,(H,22,26). The molecule has 1 aliphatic heterocycles. The third-order valence-corrected chi connectivity index (χ3v) is 4.76. The summed E-state index contributed by atoms with van der Waals surface area (Å²) in [5.74, 6) is 0.411. The van der Waals surface area contributed by atoms with Gasteiger partial charge in [0.05, 0.1) is 4.92 Å². The number of piperazine rings is 1. The van der Waals surface area contributed by atoms with Crippen molar-refractivity contribution in [2.45, 2.75) is 13.8 Å². The number of hydrogen-bond donors (Lipinski definition) is 1. The minimum absolute atomic E-state index is 0.0457. The second kappa shape index (κ2) is 8.68. The Morgan fingerprint density at radius 2 is 1.72 bits per heavy atom. The normalized spacial score (nSPS) is 14.0. The molecule has 2 aromatic rings. The smallest absolute Gasteiger partial charge is 0.287 e. The summed E-state index contributed by atoms with van der Waals surface area (Å²) in [5.41, 5.74) is 1.18. The van der Waals surface area contributed by atoms with Gasteiger partial charge in [-0.15, -0.1) is 0 Å². The van der Waals surface area contributed by atoms with Crippen LogP contribution in [-0.2, 0) is 4.79 Å². The van der Waals surface area contributed by atoms with E-state index in [1.54, 1.807) is 35.2 Å². The second-order valence-electron chi connectivity index (χ2n) is 7.13. The molecule has 9 heteroatoms. The third-order valence-electron chi connectivity index (χ3n) is 4.76. The fourth-order valence-corrected chi connectivity index (χ4v) is 2.98. The van der Waals surface area contributed by atoms with E-state index in [1.807, 2.05) is 18.7 Å². The molecule has 2 amide bonds. The topological polar surface area (TPSA) is 109 Å². The van der Waals surface area contributed by atoms with Crippen LogP contribution in [-0.4, -0.2) is 52.8 Å². The van der Waals surface area contributed by atoms with Crippen molar-refractivity contribution in [3.05, 3.63) is 58.3 Å². The van der Waals surface area contributed by atoms with Gasteiger partial charge in [-0.1, -0.05) is 13.8 Å². The first-order valence-corrected chi connectivity index (χ1v) is 9.41. The van der Waals surface area contributed by atoms with Crippen LogP contribution >= 0.6 is 0 Å². The van der Waals surface area contributed by atoms with Crippen molar-refractivity contribution in [3.63, 3.8) is 0 Å². The first-order valence-electron chi connectivity index (χ1n) is 9.41. The van der Waals surface area contributed by atoms with Crippen molar-refractivity contribution in [3.8, 4) is 0 Å². The van der Waals surface area contributed by atoms with E-state index in [0.29, 0.717) is 43.2 Å². The summed E-state index contributed by atoms with van der Waals surface area (Å²) in [6.45, 7) is 5.89. The van der Waals surface area contributed by atoms with Gasteiger partial charge in [0.15, 0.2) is 0 Å². The Bertz CT molecular complexity index is 888. The molecule has 1 aliphatic rings. The van der Waals surface area contributed by atoms with Crippen molar-refractivity contribution in [2.24, 2.45) is 5.92 Å². The Kier molecular flexibility index (Phi) is 6.06. The van der Waals surface area contributed by atoms with Crippen molar-refractivity contribution >= 4 is 29.0 Å². The number of carbonyl (C=O) groups excluding carboxylic acids is 2. The van der Waals surface area contributed by atoms with Crippen LogP contribution in [0.5, 0.6) is 0 Å². The zero-order valence-corrected chi connectivity index (χ0v) is 16.4. The van der Waals surface area contributed by atoms with E-state index in [4.69, 9.17) is 0 Å². The maximum atomic E-state index is 12.7. The van der Waals surface area contributed by atoms with Crippen LogP contribution < -0.4 is 10.2 Å². The maximum Gasteiger partial charge on any atom is 0.287 e. The minimum Gasteiger partial charge on any atom is -0.353 e. The molecule has 1 aromatic heterocycles. The predicted octanol–water partition coefficient (Wildman–Crippen LogP) is 2.55. The lowest BCUT2D eigenvalue weighted by Gasteiger charge is -2.35. The number of benzene rings is 1. The van der Waals surface area contributed by atoms with E-state index in [-0.39, 0.29) is 23.4 Å². The number of aromatic nitrogens is 1. The van der Waals surface area contributed by atoms with E-state index in [0.717, 1.165) is 0 Å². The van der Waals surface area contributed by atoms with Gasteiger partial charge < -0.3 is 15.1 Å². The Morgan fingerprint density at radius 1 is 1.07 bits per heavy atom. The molecule has 152 valence electrons. The Morgan fingerprint density at radius 3 is 2.24 bits per heavy atom. The zero-order chi connectivity index (χ0) is 21.0. The number of pyridine rings is 1. The fourth-order valence-electron chi connectivity index (χ4n) is 2.98. The highest BCUT2D eigenvalue weighted by atomic mass is 16.6. The van der Waals surface area contributed by atoms with Crippen LogP contribution in [0.3, 0.4) is 0 Å². The number of amides is 2. The van der Waals surface area contributed by atoms with Gasteiger partial charge in [-0.25, -0.2) is 4.98 Å². The number of nitro groups is 1. The van der Waals surface area contributed by atoms with Crippen LogP contribution in [0.4, 0.5) is 17.2 Å². The highest BCUT2D eigenvalue weighted by Gasteiger charge is 2.23. The summed E-state index contributed by atoms with van der Waals surface area (Å²) < 4.78 is 0. The summed E-state index contributed by atoms with van der Waals surface area (Å²) in [5, 5.41) is 13.5. The van der Waals surface area contributed by atoms with Gasteiger partial charge in [-0.3, -0.25) is 19.7 Å². The van der Waals surface area contributed by atoms with E-state index in [9.17, 15) is 19.7 Å². The number of rotatable bonds is 5. The van der Waals surface area contributed by atoms with Crippen LogP contribution in [0.25, 0.3) is 0 Å². The number of anilines is 2. The number of nitrogens with zero attached hydrogens (tertiary/aromatic N) is 4. The molecule has 0 bridgehead atoms. The molecule has 1 saturated heterocycles. The highest BCUT2D eigenvalue weighted by molar-refractivity contribution is 5.96. The lowest BCUT2D eigenvalue weighted by molar-refractivity contribution is -0.385. The van der Waals surface area contributed by atoms with Gasteiger partial charge in [0.2, 0.25) is 5.91 Å². The lowest BCUT2D eigenvalue weighted by Crippen LogP contribution is -2.49. The largest absolute Gasteiger partial charge is 0.353 e. The van der Waals surface area contributed by atoms with Crippen molar-refractivity contribution < 1.29 is 14.5 Å². The van der Waals surface area contributed by atoms with Crippen LogP contribution in [0, 0.1) is 16.0 Å². The summed E-state index contributed by atoms with van der Waals surface area (Å²) in [4.78, 5) is 42.6. The summed E-state index contributed by atoms with van der Waals surface area (Å²) in [6.07, 6.45) is 1.24. The SMILES string of the molecule is CC(C)C(=O)Nc1ccc(C(=O)N2CCN(c3ccc([N+](=O)[O-])cn3)CC2)cc1. The van der Waals surface area contributed by atoms with E-state index < -0.39 is 4.92 Å². The van der Waals surface area contributed by atoms with Gasteiger partial charge in [0.1, 0.15) is 12.0 Å². The summed E-state index contributed by atoms with van der Waals surface area (Å²) in [7, 11) is 0. The van der Waals surface area contributed by atoms with Gasteiger partial charge in [0.25, 0.3) is 11.6 Å². The molecule has 0 spiro atoms. The van der Waals surface area contributed by atoms with Gasteiger partial charge >= 0.3 is 0 Å². The monoisotopic (exact) mass is 397 g/mol. The molecule has 1 N–H and O–H groups in total. The lowest BCUT2D eigenvalue weighted by atomic mass is 10.1. The molecule has 0 unspecified atom stereocenters. The van der Waals surface area contributed by atoms with Gasteiger partial charge in [0, 0.05) is 49.4 Å². The number of carbonyl (C=O) groups is 2. The van der Waals surface area contributed by atoms with Gasteiger partial charge in [-0.05, 0) is 30.3 Å². The maximum absolute atomic E-state index is 12.7. The highest BCUT2D eigenvalue weighted by Crippen LogP contribution is 2.19. The van der Waals surface area contributed by atoms with Crippen LogP contribution in [0.2, 0.25) is 0 Å².